The van der Waals surface area contributed by atoms with Crippen LogP contribution in [0.4, 0.5) is 0 Å². The first-order valence-electron chi connectivity index (χ1n) is 7.70. The Hall–Kier alpha value is -3.28. The number of benzene rings is 2. The molecule has 1 aliphatic heterocycles. The van der Waals surface area contributed by atoms with Crippen molar-refractivity contribution in [1.29, 1.82) is 0 Å². The molecule has 3 rings (SSSR count). The molecule has 0 saturated carbocycles. The first kappa shape index (κ1) is 16.6. The molecule has 0 radical (unpaired) electrons. The molecule has 126 valence electrons. The maximum atomic E-state index is 12.6. The zero-order valence-corrected chi connectivity index (χ0v) is 13.5. The number of imide groups is 1. The first-order valence-corrected chi connectivity index (χ1v) is 7.70. The van der Waals surface area contributed by atoms with Crippen molar-refractivity contribution >= 4 is 23.6 Å². The molecule has 0 bridgehead atoms. The van der Waals surface area contributed by atoms with Gasteiger partial charge in [0.15, 0.2) is 6.10 Å². The summed E-state index contributed by atoms with van der Waals surface area (Å²) in [5.41, 5.74) is 0.896. The monoisotopic (exact) mass is 337 g/mol. The Bertz CT molecular complexity index is 824. The SMILES string of the molecule is CC(=O)OC(CN1C(=O)c2ccccc2C1=O)C(=O)c1ccccc1. The Morgan fingerprint density at radius 3 is 1.96 bits per heavy atom. The average molecular weight is 337 g/mol. The standard InChI is InChI=1S/C19H15NO5/c1-12(21)25-16(17(22)13-7-3-2-4-8-13)11-20-18(23)14-9-5-6-10-15(14)19(20)24/h2-10,16H,11H2,1H3. The lowest BCUT2D eigenvalue weighted by atomic mass is 10.1. The Morgan fingerprint density at radius 2 is 1.44 bits per heavy atom. The summed E-state index contributed by atoms with van der Waals surface area (Å²) in [6.45, 7) is 0.854. The Balaban J connectivity index is 1.87. The quantitative estimate of drug-likeness (QED) is 0.474. The summed E-state index contributed by atoms with van der Waals surface area (Å²) in [7, 11) is 0. The molecule has 1 unspecified atom stereocenters. The normalized spacial score (nSPS) is 14.2. The van der Waals surface area contributed by atoms with E-state index in [1.165, 1.54) is 6.92 Å². The van der Waals surface area contributed by atoms with Crippen LogP contribution in [0.5, 0.6) is 0 Å². The second-order valence-corrected chi connectivity index (χ2v) is 5.59. The van der Waals surface area contributed by atoms with Crippen molar-refractivity contribution in [2.75, 3.05) is 6.54 Å². The molecule has 1 heterocycles. The predicted octanol–water partition coefficient (Wildman–Crippen LogP) is 2.10. The number of carbonyl (C=O) groups excluding carboxylic acids is 4. The number of hydrogen-bond donors (Lipinski definition) is 0. The highest BCUT2D eigenvalue weighted by Crippen LogP contribution is 2.23. The number of esters is 1. The first-order chi connectivity index (χ1) is 12.0. The van der Waals surface area contributed by atoms with Gasteiger partial charge in [0.05, 0.1) is 17.7 Å². The van der Waals surface area contributed by atoms with Crippen LogP contribution in [-0.2, 0) is 9.53 Å². The van der Waals surface area contributed by atoms with Gasteiger partial charge in [0.25, 0.3) is 11.8 Å². The third-order valence-corrected chi connectivity index (χ3v) is 3.89. The van der Waals surface area contributed by atoms with E-state index in [2.05, 4.69) is 0 Å². The second kappa shape index (κ2) is 6.68. The third kappa shape index (κ3) is 3.19. The van der Waals surface area contributed by atoms with Crippen LogP contribution in [0.1, 0.15) is 38.0 Å². The van der Waals surface area contributed by atoms with Gasteiger partial charge in [-0.3, -0.25) is 24.1 Å². The molecular formula is C19H15NO5. The minimum Gasteiger partial charge on any atom is -0.452 e. The molecule has 2 aromatic carbocycles. The summed E-state index contributed by atoms with van der Waals surface area (Å²) >= 11 is 0. The number of nitrogens with zero attached hydrogens (tertiary/aromatic N) is 1. The fraction of sp³-hybridized carbons (Fsp3) is 0.158. The summed E-state index contributed by atoms with van der Waals surface area (Å²) in [6.07, 6.45) is -1.25. The van der Waals surface area contributed by atoms with Crippen LogP contribution in [0.15, 0.2) is 54.6 Å². The molecule has 2 aromatic rings. The molecule has 1 atom stereocenters. The van der Waals surface area contributed by atoms with Gasteiger partial charge >= 0.3 is 5.97 Å². The zero-order chi connectivity index (χ0) is 18.0. The largest absolute Gasteiger partial charge is 0.452 e. The van der Waals surface area contributed by atoms with Crippen LogP contribution in [0.2, 0.25) is 0 Å². The van der Waals surface area contributed by atoms with Gasteiger partial charge in [-0.1, -0.05) is 42.5 Å². The zero-order valence-electron chi connectivity index (χ0n) is 13.5. The lowest BCUT2D eigenvalue weighted by Crippen LogP contribution is -2.42. The lowest BCUT2D eigenvalue weighted by Gasteiger charge is -2.21. The Kier molecular flexibility index (Phi) is 4.43. The van der Waals surface area contributed by atoms with Crippen LogP contribution < -0.4 is 0 Å². The van der Waals surface area contributed by atoms with E-state index in [1.807, 2.05) is 0 Å². The van der Waals surface area contributed by atoms with E-state index >= 15 is 0 Å². The highest BCUT2D eigenvalue weighted by molar-refractivity contribution is 6.21. The number of ketones is 1. The van der Waals surface area contributed by atoms with E-state index in [4.69, 9.17) is 4.74 Å². The molecule has 2 amide bonds. The van der Waals surface area contributed by atoms with Crippen molar-refractivity contribution < 1.29 is 23.9 Å². The van der Waals surface area contributed by atoms with Crippen LogP contribution in [0, 0.1) is 0 Å². The van der Waals surface area contributed by atoms with Crippen LogP contribution in [0.3, 0.4) is 0 Å². The molecule has 1 aliphatic rings. The molecule has 0 aromatic heterocycles. The van der Waals surface area contributed by atoms with E-state index < -0.39 is 29.7 Å². The molecule has 25 heavy (non-hydrogen) atoms. The van der Waals surface area contributed by atoms with Crippen molar-refractivity contribution in [3.8, 4) is 0 Å². The highest BCUT2D eigenvalue weighted by Gasteiger charge is 2.38. The summed E-state index contributed by atoms with van der Waals surface area (Å²) in [6, 6.07) is 14.7. The number of Topliss-reactive ketones (excluding diaryl/α,β-unsaturated/α-hetero) is 1. The number of fused-ring (bicyclic) bond motifs is 1. The Labute approximate surface area is 144 Å². The molecule has 0 saturated heterocycles. The van der Waals surface area contributed by atoms with Crippen molar-refractivity contribution in [2.24, 2.45) is 0 Å². The number of rotatable bonds is 5. The maximum Gasteiger partial charge on any atom is 0.303 e. The molecule has 0 N–H and O–H groups in total. The number of amides is 2. The minimum atomic E-state index is -1.25. The van der Waals surface area contributed by atoms with E-state index in [0.29, 0.717) is 5.56 Å². The third-order valence-electron chi connectivity index (χ3n) is 3.89. The van der Waals surface area contributed by atoms with E-state index in [9.17, 15) is 19.2 Å². The smallest absolute Gasteiger partial charge is 0.303 e. The molecule has 6 nitrogen and oxygen atoms in total. The average Bonchev–Trinajstić information content (AvgIpc) is 2.86. The van der Waals surface area contributed by atoms with E-state index in [0.717, 1.165) is 4.90 Å². The lowest BCUT2D eigenvalue weighted by molar-refractivity contribution is -0.144. The van der Waals surface area contributed by atoms with Gasteiger partial charge in [-0.25, -0.2) is 0 Å². The van der Waals surface area contributed by atoms with Gasteiger partial charge in [0.2, 0.25) is 5.78 Å². The van der Waals surface area contributed by atoms with Gasteiger partial charge in [0.1, 0.15) is 0 Å². The minimum absolute atomic E-state index is 0.279. The van der Waals surface area contributed by atoms with E-state index in [-0.39, 0.29) is 17.7 Å². The summed E-state index contributed by atoms with van der Waals surface area (Å²) < 4.78 is 5.09. The molecular weight excluding hydrogens is 322 g/mol. The molecule has 0 spiro atoms. The number of ether oxygens (including phenoxy) is 1. The van der Waals surface area contributed by atoms with Crippen molar-refractivity contribution in [3.63, 3.8) is 0 Å². The van der Waals surface area contributed by atoms with E-state index in [1.54, 1.807) is 54.6 Å². The van der Waals surface area contributed by atoms with Gasteiger partial charge in [0, 0.05) is 12.5 Å². The van der Waals surface area contributed by atoms with Crippen molar-refractivity contribution in [3.05, 3.63) is 71.3 Å². The van der Waals surface area contributed by atoms with Crippen molar-refractivity contribution in [2.45, 2.75) is 13.0 Å². The predicted molar refractivity (Wildman–Crippen MR) is 88.1 cm³/mol. The molecule has 0 fully saturated rings. The van der Waals surface area contributed by atoms with Gasteiger partial charge < -0.3 is 4.74 Å². The van der Waals surface area contributed by atoms with Gasteiger partial charge in [-0.15, -0.1) is 0 Å². The maximum absolute atomic E-state index is 12.6. The fourth-order valence-corrected chi connectivity index (χ4v) is 2.73. The Morgan fingerprint density at radius 1 is 0.920 bits per heavy atom. The fourth-order valence-electron chi connectivity index (χ4n) is 2.73. The topological polar surface area (TPSA) is 80.8 Å². The van der Waals surface area contributed by atoms with Gasteiger partial charge in [-0.2, -0.15) is 0 Å². The number of carbonyl (C=O) groups is 4. The van der Waals surface area contributed by atoms with Crippen LogP contribution in [-0.4, -0.2) is 41.1 Å². The summed E-state index contributed by atoms with van der Waals surface area (Å²) in [5.74, 6) is -2.13. The summed E-state index contributed by atoms with van der Waals surface area (Å²) in [5, 5.41) is 0. The van der Waals surface area contributed by atoms with Crippen LogP contribution in [0.25, 0.3) is 0 Å². The molecule has 6 heteroatoms. The van der Waals surface area contributed by atoms with Crippen molar-refractivity contribution in [1.82, 2.24) is 4.90 Å². The highest BCUT2D eigenvalue weighted by atomic mass is 16.5. The molecule has 0 aliphatic carbocycles. The van der Waals surface area contributed by atoms with Crippen LogP contribution >= 0.6 is 0 Å². The summed E-state index contributed by atoms with van der Waals surface area (Å²) in [4.78, 5) is 49.8. The van der Waals surface area contributed by atoms with Gasteiger partial charge in [-0.05, 0) is 12.1 Å². The number of hydrogen-bond acceptors (Lipinski definition) is 5. The second-order valence-electron chi connectivity index (χ2n) is 5.59.